The van der Waals surface area contributed by atoms with Crippen molar-refractivity contribution < 1.29 is 18.8 Å². The summed E-state index contributed by atoms with van der Waals surface area (Å²) >= 11 is 0. The molecule has 0 aliphatic heterocycles. The quantitative estimate of drug-likeness (QED) is 0.595. The Balaban J connectivity index is 1.36. The van der Waals surface area contributed by atoms with Crippen molar-refractivity contribution >= 4 is 5.91 Å². The van der Waals surface area contributed by atoms with Gasteiger partial charge in [-0.05, 0) is 55.0 Å². The Morgan fingerprint density at radius 1 is 1.17 bits per heavy atom. The van der Waals surface area contributed by atoms with Crippen LogP contribution in [0.4, 0.5) is 0 Å². The van der Waals surface area contributed by atoms with Gasteiger partial charge in [-0.1, -0.05) is 29.4 Å². The predicted molar refractivity (Wildman–Crippen MR) is 111 cm³/mol. The number of aryl methyl sites for hydroxylation is 1. The van der Waals surface area contributed by atoms with Crippen LogP contribution in [0.2, 0.25) is 0 Å². The van der Waals surface area contributed by atoms with Crippen molar-refractivity contribution in [3.8, 4) is 22.9 Å². The third-order valence-corrected chi connectivity index (χ3v) is 5.30. The molecular weight excluding hydrogens is 382 g/mol. The first-order valence-electron chi connectivity index (χ1n) is 10.1. The van der Waals surface area contributed by atoms with Crippen molar-refractivity contribution in [2.75, 3.05) is 20.8 Å². The number of likely N-dealkylation sites (N-methyl/N-ethyl adjacent to an activating group) is 1. The van der Waals surface area contributed by atoms with Gasteiger partial charge < -0.3 is 18.9 Å². The Labute approximate surface area is 175 Å². The maximum Gasteiger partial charge on any atom is 0.260 e. The maximum atomic E-state index is 12.5. The lowest BCUT2D eigenvalue weighted by Gasteiger charge is -2.20. The normalized spacial score (nSPS) is 12.9. The lowest BCUT2D eigenvalue weighted by atomic mass is 9.91. The summed E-state index contributed by atoms with van der Waals surface area (Å²) in [6.07, 6.45) is 4.45. The van der Waals surface area contributed by atoms with Gasteiger partial charge in [-0.2, -0.15) is 4.98 Å². The second-order valence-corrected chi connectivity index (χ2v) is 7.38. The third-order valence-electron chi connectivity index (χ3n) is 5.30. The van der Waals surface area contributed by atoms with E-state index in [0.29, 0.717) is 17.5 Å². The smallest absolute Gasteiger partial charge is 0.260 e. The van der Waals surface area contributed by atoms with Crippen molar-refractivity contribution in [2.45, 2.75) is 32.2 Å². The van der Waals surface area contributed by atoms with E-state index in [-0.39, 0.29) is 19.1 Å². The summed E-state index contributed by atoms with van der Waals surface area (Å²) in [5.74, 6) is 2.20. The average molecular weight is 407 g/mol. The molecule has 4 rings (SSSR count). The van der Waals surface area contributed by atoms with Crippen LogP contribution < -0.4 is 9.47 Å². The van der Waals surface area contributed by atoms with Crippen molar-refractivity contribution in [1.82, 2.24) is 15.0 Å². The fraction of sp³-hybridized carbons (Fsp3) is 0.348. The Kier molecular flexibility index (Phi) is 5.97. The first kappa shape index (κ1) is 19.9. The van der Waals surface area contributed by atoms with E-state index in [0.717, 1.165) is 30.6 Å². The van der Waals surface area contributed by atoms with E-state index in [1.54, 1.807) is 14.2 Å². The maximum absolute atomic E-state index is 12.5. The molecule has 0 saturated carbocycles. The Bertz CT molecular complexity index is 1030. The van der Waals surface area contributed by atoms with Gasteiger partial charge in [-0.15, -0.1) is 0 Å². The number of nitrogens with zero attached hydrogens (tertiary/aromatic N) is 3. The van der Waals surface area contributed by atoms with Crippen LogP contribution in [0.15, 0.2) is 47.0 Å². The molecule has 0 fully saturated rings. The van der Waals surface area contributed by atoms with Gasteiger partial charge >= 0.3 is 0 Å². The first-order chi connectivity index (χ1) is 14.6. The molecule has 0 radical (unpaired) electrons. The van der Waals surface area contributed by atoms with E-state index < -0.39 is 0 Å². The van der Waals surface area contributed by atoms with Gasteiger partial charge in [0.1, 0.15) is 11.5 Å². The number of amides is 1. The average Bonchev–Trinajstić information content (AvgIpc) is 3.26. The Hall–Kier alpha value is -3.35. The fourth-order valence-corrected chi connectivity index (χ4v) is 3.62. The molecule has 0 N–H and O–H groups in total. The molecule has 1 aliphatic rings. The number of hydrogen-bond donors (Lipinski definition) is 0. The zero-order valence-corrected chi connectivity index (χ0v) is 17.3. The summed E-state index contributed by atoms with van der Waals surface area (Å²) in [6, 6.07) is 13.5. The molecule has 7 heteroatoms. The molecular formula is C23H25N3O4. The second-order valence-electron chi connectivity index (χ2n) is 7.38. The van der Waals surface area contributed by atoms with Crippen LogP contribution in [0.1, 0.15) is 29.9 Å². The number of carbonyl (C=O) groups excluding carboxylic acids is 1. The van der Waals surface area contributed by atoms with Gasteiger partial charge in [-0.25, -0.2) is 0 Å². The zero-order valence-electron chi connectivity index (χ0n) is 17.3. The molecule has 0 bridgehead atoms. The Morgan fingerprint density at radius 3 is 2.87 bits per heavy atom. The van der Waals surface area contributed by atoms with Crippen LogP contribution in [0.5, 0.6) is 11.5 Å². The van der Waals surface area contributed by atoms with Gasteiger partial charge in [0, 0.05) is 12.6 Å². The largest absolute Gasteiger partial charge is 0.497 e. The lowest BCUT2D eigenvalue weighted by molar-refractivity contribution is -0.132. The number of rotatable bonds is 7. The molecule has 1 heterocycles. The molecule has 1 aromatic heterocycles. The minimum Gasteiger partial charge on any atom is -0.497 e. The van der Waals surface area contributed by atoms with Crippen LogP contribution in [0.25, 0.3) is 11.4 Å². The number of fused-ring (bicyclic) bond motifs is 1. The van der Waals surface area contributed by atoms with Crippen LogP contribution in [-0.4, -0.2) is 41.7 Å². The number of aromatic nitrogens is 2. The molecule has 156 valence electrons. The minimum absolute atomic E-state index is 0.0240. The van der Waals surface area contributed by atoms with Gasteiger partial charge in [0.15, 0.2) is 6.61 Å². The summed E-state index contributed by atoms with van der Waals surface area (Å²) in [6.45, 7) is 0.190. The number of methoxy groups -OCH3 is 1. The van der Waals surface area contributed by atoms with Gasteiger partial charge in [0.05, 0.1) is 13.7 Å². The number of benzene rings is 2. The topological polar surface area (TPSA) is 77.7 Å². The number of hydrogen-bond acceptors (Lipinski definition) is 6. The first-order valence-corrected chi connectivity index (χ1v) is 10.1. The van der Waals surface area contributed by atoms with Gasteiger partial charge in [0.25, 0.3) is 5.91 Å². The monoisotopic (exact) mass is 407 g/mol. The van der Waals surface area contributed by atoms with E-state index in [4.69, 9.17) is 14.0 Å². The summed E-state index contributed by atoms with van der Waals surface area (Å²) in [7, 11) is 3.30. The van der Waals surface area contributed by atoms with Gasteiger partial charge in [-0.3, -0.25) is 4.79 Å². The minimum atomic E-state index is -0.149. The zero-order chi connectivity index (χ0) is 20.9. The SMILES string of the molecule is COc1cccc(-c2noc(CN(C)C(=O)COc3cccc4c3CCCC4)n2)c1. The molecule has 30 heavy (non-hydrogen) atoms. The molecule has 0 spiro atoms. The Morgan fingerprint density at radius 2 is 2.00 bits per heavy atom. The highest BCUT2D eigenvalue weighted by atomic mass is 16.5. The summed E-state index contributed by atoms with van der Waals surface area (Å²) < 4.78 is 16.4. The highest BCUT2D eigenvalue weighted by Gasteiger charge is 2.18. The third kappa shape index (κ3) is 4.45. The molecule has 0 atom stereocenters. The van der Waals surface area contributed by atoms with Crippen molar-refractivity contribution in [1.29, 1.82) is 0 Å². The molecule has 3 aromatic rings. The van der Waals surface area contributed by atoms with E-state index in [1.165, 1.54) is 22.4 Å². The molecule has 7 nitrogen and oxygen atoms in total. The molecule has 1 aliphatic carbocycles. The molecule has 2 aromatic carbocycles. The highest BCUT2D eigenvalue weighted by molar-refractivity contribution is 5.77. The second kappa shape index (κ2) is 8.98. The highest BCUT2D eigenvalue weighted by Crippen LogP contribution is 2.29. The van der Waals surface area contributed by atoms with Crippen molar-refractivity contribution in [3.63, 3.8) is 0 Å². The van der Waals surface area contributed by atoms with Crippen LogP contribution >= 0.6 is 0 Å². The molecule has 0 saturated heterocycles. The summed E-state index contributed by atoms with van der Waals surface area (Å²) in [5, 5.41) is 4.01. The van der Waals surface area contributed by atoms with E-state index in [2.05, 4.69) is 16.2 Å². The summed E-state index contributed by atoms with van der Waals surface area (Å²) in [5.41, 5.74) is 3.35. The van der Waals surface area contributed by atoms with E-state index in [1.807, 2.05) is 36.4 Å². The number of ether oxygens (including phenoxy) is 2. The molecule has 1 amide bonds. The van der Waals surface area contributed by atoms with Gasteiger partial charge in [0.2, 0.25) is 11.7 Å². The standard InChI is InChI=1S/C23H25N3O4/c1-26(14-21-24-23(25-30-21)17-9-5-10-18(13-17)28-2)22(27)15-29-20-12-6-8-16-7-3-4-11-19(16)20/h5-6,8-10,12-13H,3-4,7,11,14-15H2,1-2H3. The summed E-state index contributed by atoms with van der Waals surface area (Å²) in [4.78, 5) is 18.5. The van der Waals surface area contributed by atoms with Crippen molar-refractivity contribution in [3.05, 3.63) is 59.5 Å². The predicted octanol–water partition coefficient (Wildman–Crippen LogP) is 3.66. The number of carbonyl (C=O) groups is 1. The van der Waals surface area contributed by atoms with Crippen molar-refractivity contribution in [2.24, 2.45) is 0 Å². The van der Waals surface area contributed by atoms with Crippen LogP contribution in [0, 0.1) is 0 Å². The molecule has 0 unspecified atom stereocenters. The lowest BCUT2D eigenvalue weighted by Crippen LogP contribution is -2.31. The van der Waals surface area contributed by atoms with Crippen LogP contribution in [-0.2, 0) is 24.2 Å². The fourth-order valence-electron chi connectivity index (χ4n) is 3.62. The van der Waals surface area contributed by atoms with E-state index >= 15 is 0 Å². The van der Waals surface area contributed by atoms with Crippen LogP contribution in [0.3, 0.4) is 0 Å². The van der Waals surface area contributed by atoms with E-state index in [9.17, 15) is 4.79 Å².